The monoisotopic (exact) mass is 450 g/mol. The van der Waals surface area contributed by atoms with Crippen molar-refractivity contribution < 1.29 is 9.59 Å². The lowest BCUT2D eigenvalue weighted by atomic mass is 9.98. The lowest BCUT2D eigenvalue weighted by Gasteiger charge is -2.26. The molecule has 0 fully saturated rings. The summed E-state index contributed by atoms with van der Waals surface area (Å²) in [6.07, 6.45) is 4.62. The van der Waals surface area contributed by atoms with Gasteiger partial charge in [0, 0.05) is 13.6 Å². The minimum absolute atomic E-state index is 0.132. The number of hydrogen-bond acceptors (Lipinski definition) is 5. The quantitative estimate of drug-likeness (QED) is 0.175. The van der Waals surface area contributed by atoms with E-state index in [0.29, 0.717) is 34.5 Å². The van der Waals surface area contributed by atoms with Gasteiger partial charge in [-0.2, -0.15) is 15.5 Å². The summed E-state index contributed by atoms with van der Waals surface area (Å²) in [5.41, 5.74) is 0.541. The van der Waals surface area contributed by atoms with Gasteiger partial charge in [-0.3, -0.25) is 9.59 Å². The highest BCUT2D eigenvalue weighted by atomic mass is 35.5. The second kappa shape index (κ2) is 13.1. The second-order valence-corrected chi connectivity index (χ2v) is 7.99. The molecule has 6 nitrogen and oxygen atoms in total. The molecule has 0 saturated heterocycles. The first-order valence-electron chi connectivity index (χ1n) is 9.95. The Morgan fingerprint density at radius 3 is 2.53 bits per heavy atom. The molecule has 0 spiro atoms. The third kappa shape index (κ3) is 7.55. The molecular weight excluding hydrogens is 423 g/mol. The molecule has 0 saturated carbocycles. The SMILES string of the molecule is CCCCC(CC)CN(C)C(=O)C(N=Nc1ccc(Cl)c(Cl)c1)/C(C)=C(/C#N)C=O. The molecule has 162 valence electrons. The van der Waals surface area contributed by atoms with Gasteiger partial charge in [0.05, 0.1) is 21.3 Å². The number of unbranched alkanes of at least 4 members (excludes halogenated alkanes) is 1. The van der Waals surface area contributed by atoms with E-state index in [9.17, 15) is 14.9 Å². The Balaban J connectivity index is 3.19. The number of carbonyl (C=O) groups excluding carboxylic acids is 2. The molecule has 30 heavy (non-hydrogen) atoms. The maximum Gasteiger partial charge on any atom is 0.253 e. The fourth-order valence-corrected chi connectivity index (χ4v) is 3.24. The molecule has 1 rings (SSSR count). The van der Waals surface area contributed by atoms with E-state index in [1.165, 1.54) is 6.07 Å². The van der Waals surface area contributed by atoms with Gasteiger partial charge in [0.1, 0.15) is 6.07 Å². The molecule has 0 aliphatic carbocycles. The van der Waals surface area contributed by atoms with Gasteiger partial charge in [-0.25, -0.2) is 0 Å². The number of rotatable bonds is 11. The average molecular weight is 451 g/mol. The first kappa shape index (κ1) is 25.8. The molecule has 0 heterocycles. The Kier molecular flexibility index (Phi) is 11.3. The maximum atomic E-state index is 13.2. The Bertz CT molecular complexity index is 846. The van der Waals surface area contributed by atoms with Crippen molar-refractivity contribution in [1.82, 2.24) is 4.90 Å². The van der Waals surface area contributed by atoms with E-state index < -0.39 is 6.04 Å². The second-order valence-electron chi connectivity index (χ2n) is 7.18. The predicted molar refractivity (Wildman–Crippen MR) is 120 cm³/mol. The minimum Gasteiger partial charge on any atom is -0.343 e. The van der Waals surface area contributed by atoms with Crippen LogP contribution in [0.1, 0.15) is 46.5 Å². The van der Waals surface area contributed by atoms with Gasteiger partial charge in [0.25, 0.3) is 5.91 Å². The normalized spacial score (nSPS) is 14.0. The van der Waals surface area contributed by atoms with Gasteiger partial charge in [0.2, 0.25) is 0 Å². The number of hydrogen-bond donors (Lipinski definition) is 0. The standard InChI is InChI=1S/C22H28Cl2N4O2/c1-5-7-8-16(6-2)13-28(4)22(30)21(15(3)17(12-25)14-29)27-26-18-9-10-19(23)20(24)11-18/h9-11,14,16,21H,5-8,13H2,1-4H3/b17-15-,27-26?. The van der Waals surface area contributed by atoms with Crippen molar-refractivity contribution >= 4 is 41.1 Å². The number of aldehydes is 1. The number of likely N-dealkylation sites (N-methyl/N-ethyl adjacent to an activating group) is 1. The number of allylic oxidation sites excluding steroid dienone is 1. The predicted octanol–water partition coefficient (Wildman–Crippen LogP) is 6.16. The van der Waals surface area contributed by atoms with Crippen LogP contribution in [0.3, 0.4) is 0 Å². The fraction of sp³-hybridized carbons (Fsp3) is 0.500. The fourth-order valence-electron chi connectivity index (χ4n) is 2.95. The summed E-state index contributed by atoms with van der Waals surface area (Å²) in [4.78, 5) is 26.0. The zero-order chi connectivity index (χ0) is 22.7. The molecule has 0 N–H and O–H groups in total. The van der Waals surface area contributed by atoms with E-state index in [4.69, 9.17) is 23.2 Å². The molecule has 8 heteroatoms. The number of halogens is 2. The van der Waals surface area contributed by atoms with Crippen molar-refractivity contribution in [1.29, 1.82) is 5.26 Å². The van der Waals surface area contributed by atoms with E-state index in [-0.39, 0.29) is 17.1 Å². The molecule has 1 amide bonds. The number of nitriles is 1. The molecule has 2 unspecified atom stereocenters. The zero-order valence-corrected chi connectivity index (χ0v) is 19.4. The summed E-state index contributed by atoms with van der Waals surface area (Å²) < 4.78 is 0. The number of nitrogens with zero attached hydrogens (tertiary/aromatic N) is 4. The Morgan fingerprint density at radius 2 is 2.00 bits per heavy atom. The summed E-state index contributed by atoms with van der Waals surface area (Å²) in [7, 11) is 1.71. The van der Waals surface area contributed by atoms with Crippen LogP contribution < -0.4 is 0 Å². The van der Waals surface area contributed by atoms with E-state index in [1.54, 1.807) is 31.0 Å². The van der Waals surface area contributed by atoms with Crippen molar-refractivity contribution in [2.45, 2.75) is 52.5 Å². The van der Waals surface area contributed by atoms with Crippen molar-refractivity contribution in [2.75, 3.05) is 13.6 Å². The summed E-state index contributed by atoms with van der Waals surface area (Å²) in [5.74, 6) is 0.0539. The molecule has 1 aromatic carbocycles. The Labute approximate surface area is 188 Å². The van der Waals surface area contributed by atoms with E-state index >= 15 is 0 Å². The Morgan fingerprint density at radius 1 is 1.30 bits per heavy atom. The van der Waals surface area contributed by atoms with Crippen LogP contribution in [0, 0.1) is 17.2 Å². The number of carbonyl (C=O) groups is 2. The summed E-state index contributed by atoms with van der Waals surface area (Å²) in [5, 5.41) is 18.2. The van der Waals surface area contributed by atoms with Crippen LogP contribution in [-0.4, -0.2) is 36.7 Å². The van der Waals surface area contributed by atoms with Crippen molar-refractivity contribution in [3.63, 3.8) is 0 Å². The van der Waals surface area contributed by atoms with E-state index in [1.807, 2.05) is 6.07 Å². The third-order valence-corrected chi connectivity index (χ3v) is 5.69. The van der Waals surface area contributed by atoms with Crippen LogP contribution in [0.25, 0.3) is 0 Å². The van der Waals surface area contributed by atoms with Gasteiger partial charge < -0.3 is 4.90 Å². The van der Waals surface area contributed by atoms with Gasteiger partial charge in [-0.1, -0.05) is 56.3 Å². The summed E-state index contributed by atoms with van der Waals surface area (Å²) >= 11 is 11.9. The topological polar surface area (TPSA) is 85.9 Å². The first-order chi connectivity index (χ1) is 14.3. The minimum atomic E-state index is -1.08. The highest BCUT2D eigenvalue weighted by Gasteiger charge is 2.27. The van der Waals surface area contributed by atoms with E-state index in [2.05, 4.69) is 24.1 Å². The molecule has 0 bridgehead atoms. The summed E-state index contributed by atoms with van der Waals surface area (Å²) in [6.45, 7) is 6.36. The molecule has 0 aliphatic heterocycles. The zero-order valence-electron chi connectivity index (χ0n) is 17.9. The van der Waals surface area contributed by atoms with Crippen molar-refractivity contribution in [2.24, 2.45) is 16.1 Å². The van der Waals surface area contributed by atoms with Crippen molar-refractivity contribution in [3.8, 4) is 6.07 Å². The Hall–Kier alpha value is -2.23. The smallest absolute Gasteiger partial charge is 0.253 e. The highest BCUT2D eigenvalue weighted by molar-refractivity contribution is 6.42. The lowest BCUT2D eigenvalue weighted by Crippen LogP contribution is -2.39. The largest absolute Gasteiger partial charge is 0.343 e. The molecule has 1 aromatic rings. The van der Waals surface area contributed by atoms with Gasteiger partial charge in [-0.05, 0) is 43.0 Å². The van der Waals surface area contributed by atoms with Gasteiger partial charge >= 0.3 is 0 Å². The van der Waals surface area contributed by atoms with Gasteiger partial charge in [-0.15, -0.1) is 0 Å². The van der Waals surface area contributed by atoms with Crippen LogP contribution >= 0.6 is 23.2 Å². The number of amides is 1. The van der Waals surface area contributed by atoms with Crippen LogP contribution in [0.2, 0.25) is 10.0 Å². The van der Waals surface area contributed by atoms with Crippen LogP contribution in [-0.2, 0) is 9.59 Å². The third-order valence-electron chi connectivity index (χ3n) is 4.95. The van der Waals surface area contributed by atoms with Crippen LogP contribution in [0.15, 0.2) is 39.6 Å². The van der Waals surface area contributed by atoms with Crippen LogP contribution in [0.5, 0.6) is 0 Å². The average Bonchev–Trinajstić information content (AvgIpc) is 2.74. The maximum absolute atomic E-state index is 13.2. The summed E-state index contributed by atoms with van der Waals surface area (Å²) in [6, 6.07) is 5.47. The van der Waals surface area contributed by atoms with Crippen LogP contribution in [0.4, 0.5) is 5.69 Å². The van der Waals surface area contributed by atoms with Gasteiger partial charge in [0.15, 0.2) is 12.3 Å². The molecular formula is C22H28Cl2N4O2. The lowest BCUT2D eigenvalue weighted by molar-refractivity contribution is -0.131. The number of azo groups is 1. The van der Waals surface area contributed by atoms with Crippen molar-refractivity contribution in [3.05, 3.63) is 39.4 Å². The number of benzene rings is 1. The molecule has 0 aliphatic rings. The first-order valence-corrected chi connectivity index (χ1v) is 10.7. The highest BCUT2D eigenvalue weighted by Crippen LogP contribution is 2.27. The van der Waals surface area contributed by atoms with E-state index in [0.717, 1.165) is 25.7 Å². The molecule has 0 radical (unpaired) electrons. The molecule has 2 atom stereocenters. The molecule has 0 aromatic heterocycles.